The maximum atomic E-state index is 11.4. The minimum atomic E-state index is -0.805. The van der Waals surface area contributed by atoms with Gasteiger partial charge in [-0.3, -0.25) is 14.5 Å². The van der Waals surface area contributed by atoms with Gasteiger partial charge in [-0.15, -0.1) is 0 Å². The third kappa shape index (κ3) is 4.61. The summed E-state index contributed by atoms with van der Waals surface area (Å²) in [4.78, 5) is 23.8. The predicted molar refractivity (Wildman–Crippen MR) is 60.1 cm³/mol. The van der Waals surface area contributed by atoms with Gasteiger partial charge in [0.15, 0.2) is 0 Å². The van der Waals surface area contributed by atoms with E-state index >= 15 is 0 Å². The highest BCUT2D eigenvalue weighted by molar-refractivity contribution is 5.76. The molecule has 1 atom stereocenters. The van der Waals surface area contributed by atoms with Crippen LogP contribution >= 0.6 is 0 Å². The highest BCUT2D eigenvalue weighted by atomic mass is 16.4. The summed E-state index contributed by atoms with van der Waals surface area (Å²) in [6, 6.07) is 0.118. The molecule has 1 amide bonds. The quantitative estimate of drug-likeness (QED) is 0.717. The number of hydrogen-bond donors (Lipinski definition) is 2. The second kappa shape index (κ2) is 6.48. The van der Waals surface area contributed by atoms with Crippen LogP contribution in [0.25, 0.3) is 0 Å². The number of carbonyl (C=O) groups is 2. The van der Waals surface area contributed by atoms with Gasteiger partial charge in [0.1, 0.15) is 0 Å². The molecule has 0 unspecified atom stereocenters. The maximum absolute atomic E-state index is 11.4. The molecule has 0 saturated carbocycles. The number of amides is 1. The summed E-state index contributed by atoms with van der Waals surface area (Å²) in [5.74, 6) is -0.731. The van der Waals surface area contributed by atoms with Crippen molar-refractivity contribution in [1.29, 1.82) is 0 Å². The van der Waals surface area contributed by atoms with E-state index in [0.29, 0.717) is 13.0 Å². The van der Waals surface area contributed by atoms with Crippen molar-refractivity contribution in [1.82, 2.24) is 10.2 Å². The third-order valence-corrected chi connectivity index (χ3v) is 2.71. The van der Waals surface area contributed by atoms with Gasteiger partial charge in [-0.1, -0.05) is 6.92 Å². The molecule has 1 heterocycles. The maximum Gasteiger partial charge on any atom is 0.317 e. The Morgan fingerprint density at radius 1 is 1.50 bits per heavy atom. The lowest BCUT2D eigenvalue weighted by molar-refractivity contribution is -0.138. The Morgan fingerprint density at radius 3 is 2.88 bits per heavy atom. The molecule has 1 fully saturated rings. The van der Waals surface area contributed by atoms with E-state index in [2.05, 4.69) is 5.32 Å². The first-order valence-corrected chi connectivity index (χ1v) is 5.85. The van der Waals surface area contributed by atoms with Crippen LogP contribution < -0.4 is 5.32 Å². The molecule has 0 aliphatic carbocycles. The summed E-state index contributed by atoms with van der Waals surface area (Å²) in [7, 11) is 0. The lowest BCUT2D eigenvalue weighted by Crippen LogP contribution is -2.48. The van der Waals surface area contributed by atoms with E-state index < -0.39 is 5.97 Å². The van der Waals surface area contributed by atoms with E-state index in [1.165, 1.54) is 0 Å². The van der Waals surface area contributed by atoms with Gasteiger partial charge >= 0.3 is 5.97 Å². The molecule has 5 nitrogen and oxygen atoms in total. The van der Waals surface area contributed by atoms with Crippen LogP contribution in [0.3, 0.4) is 0 Å². The van der Waals surface area contributed by atoms with E-state index in [1.54, 1.807) is 0 Å². The molecule has 1 aliphatic heterocycles. The third-order valence-electron chi connectivity index (χ3n) is 2.71. The van der Waals surface area contributed by atoms with Crippen molar-refractivity contribution >= 4 is 11.9 Å². The molecule has 0 radical (unpaired) electrons. The molecule has 16 heavy (non-hydrogen) atoms. The fourth-order valence-electron chi connectivity index (χ4n) is 2.04. The monoisotopic (exact) mass is 228 g/mol. The number of nitrogens with one attached hydrogen (secondary N) is 1. The van der Waals surface area contributed by atoms with Gasteiger partial charge in [-0.25, -0.2) is 0 Å². The predicted octanol–water partition coefficient (Wildman–Crippen LogP) is 0.452. The summed E-state index contributed by atoms with van der Waals surface area (Å²) >= 11 is 0. The molecule has 0 spiro atoms. The number of likely N-dealkylation sites (tertiary alicyclic amines) is 1. The van der Waals surface area contributed by atoms with Crippen LogP contribution in [0.2, 0.25) is 0 Å². The van der Waals surface area contributed by atoms with Gasteiger partial charge in [0.05, 0.1) is 6.54 Å². The lowest BCUT2D eigenvalue weighted by Gasteiger charge is -2.31. The van der Waals surface area contributed by atoms with Crippen molar-refractivity contribution < 1.29 is 14.7 Å². The molecule has 0 aromatic rings. The second-order valence-electron chi connectivity index (χ2n) is 4.29. The van der Waals surface area contributed by atoms with Gasteiger partial charge in [0.25, 0.3) is 0 Å². The fourth-order valence-corrected chi connectivity index (χ4v) is 2.04. The average molecular weight is 228 g/mol. The number of aliphatic carboxylic acids is 1. The summed E-state index contributed by atoms with van der Waals surface area (Å²) in [6.07, 6.45) is 3.29. The van der Waals surface area contributed by atoms with Gasteiger partial charge in [-0.2, -0.15) is 0 Å². The smallest absolute Gasteiger partial charge is 0.317 e. The normalized spacial score (nSPS) is 21.7. The zero-order chi connectivity index (χ0) is 12.0. The number of hydrogen-bond acceptors (Lipinski definition) is 3. The summed E-state index contributed by atoms with van der Waals surface area (Å²) in [5.41, 5.74) is 0. The number of carbonyl (C=O) groups excluding carboxylic acids is 1. The van der Waals surface area contributed by atoms with Crippen molar-refractivity contribution in [3.05, 3.63) is 0 Å². The van der Waals surface area contributed by atoms with Crippen molar-refractivity contribution in [2.24, 2.45) is 0 Å². The van der Waals surface area contributed by atoms with Crippen LogP contribution in [0, 0.1) is 0 Å². The van der Waals surface area contributed by atoms with Crippen LogP contribution in [-0.4, -0.2) is 47.6 Å². The zero-order valence-electron chi connectivity index (χ0n) is 9.74. The SMILES string of the molecule is CCCC(=O)N[C@@H]1CCCN(CC(=O)O)C1. The Kier molecular flexibility index (Phi) is 5.25. The average Bonchev–Trinajstić information content (AvgIpc) is 2.17. The molecular formula is C11H20N2O3. The zero-order valence-corrected chi connectivity index (χ0v) is 9.74. The molecule has 92 valence electrons. The second-order valence-corrected chi connectivity index (χ2v) is 4.29. The largest absolute Gasteiger partial charge is 0.480 e. The Hall–Kier alpha value is -1.10. The topological polar surface area (TPSA) is 69.6 Å². The molecule has 1 aliphatic rings. The van der Waals surface area contributed by atoms with Crippen LogP contribution in [-0.2, 0) is 9.59 Å². The van der Waals surface area contributed by atoms with Crippen molar-refractivity contribution in [3.8, 4) is 0 Å². The Balaban J connectivity index is 2.32. The fraction of sp³-hybridized carbons (Fsp3) is 0.818. The first-order valence-electron chi connectivity index (χ1n) is 5.85. The van der Waals surface area contributed by atoms with Crippen LogP contribution in [0.4, 0.5) is 0 Å². The highest BCUT2D eigenvalue weighted by Gasteiger charge is 2.22. The minimum absolute atomic E-state index is 0.0696. The molecule has 2 N–H and O–H groups in total. The van der Waals surface area contributed by atoms with Crippen molar-refractivity contribution in [3.63, 3.8) is 0 Å². The van der Waals surface area contributed by atoms with E-state index in [-0.39, 0.29) is 18.5 Å². The number of carboxylic acids is 1. The molecular weight excluding hydrogens is 208 g/mol. The number of rotatable bonds is 5. The first-order chi connectivity index (χ1) is 7.61. The van der Waals surface area contributed by atoms with Crippen molar-refractivity contribution in [2.45, 2.75) is 38.6 Å². The minimum Gasteiger partial charge on any atom is -0.480 e. The summed E-state index contributed by atoms with van der Waals surface area (Å²) in [6.45, 7) is 3.51. The molecule has 0 aromatic heterocycles. The molecule has 0 bridgehead atoms. The summed E-state index contributed by atoms with van der Waals surface area (Å²) in [5, 5.41) is 11.6. The standard InChI is InChI=1S/C11H20N2O3/c1-2-4-10(14)12-9-5-3-6-13(7-9)8-11(15)16/h9H,2-8H2,1H3,(H,12,14)(H,15,16)/t9-/m1/s1. The number of carboxylic acid groups (broad SMARTS) is 1. The van der Waals surface area contributed by atoms with Gasteiger partial charge < -0.3 is 10.4 Å². The van der Waals surface area contributed by atoms with E-state index in [9.17, 15) is 9.59 Å². The van der Waals surface area contributed by atoms with Crippen LogP contribution in [0.5, 0.6) is 0 Å². The Labute approximate surface area is 95.8 Å². The van der Waals surface area contributed by atoms with E-state index in [4.69, 9.17) is 5.11 Å². The Bertz CT molecular complexity index is 256. The number of piperidine rings is 1. The first kappa shape index (κ1) is 13.0. The molecule has 1 rings (SSSR count). The van der Waals surface area contributed by atoms with Gasteiger partial charge in [0, 0.05) is 19.0 Å². The lowest BCUT2D eigenvalue weighted by atomic mass is 10.1. The summed E-state index contributed by atoms with van der Waals surface area (Å²) < 4.78 is 0. The highest BCUT2D eigenvalue weighted by Crippen LogP contribution is 2.09. The molecule has 5 heteroatoms. The van der Waals surface area contributed by atoms with E-state index in [0.717, 1.165) is 25.8 Å². The van der Waals surface area contributed by atoms with Gasteiger partial charge in [-0.05, 0) is 25.8 Å². The molecule has 1 saturated heterocycles. The number of nitrogens with zero attached hydrogens (tertiary/aromatic N) is 1. The van der Waals surface area contributed by atoms with Crippen LogP contribution in [0.15, 0.2) is 0 Å². The van der Waals surface area contributed by atoms with E-state index in [1.807, 2.05) is 11.8 Å². The Morgan fingerprint density at radius 2 is 2.25 bits per heavy atom. The van der Waals surface area contributed by atoms with Crippen molar-refractivity contribution in [2.75, 3.05) is 19.6 Å². The van der Waals surface area contributed by atoms with Gasteiger partial charge in [0.2, 0.25) is 5.91 Å². The van der Waals surface area contributed by atoms with Crippen LogP contribution in [0.1, 0.15) is 32.6 Å². The molecule has 0 aromatic carbocycles.